The average Bonchev–Trinajstić information content (AvgIpc) is 2.49. The number of hydrogen-bond acceptors (Lipinski definition) is 7. The van der Waals surface area contributed by atoms with Crippen LogP contribution >= 0.6 is 0 Å². The Kier molecular flexibility index (Phi) is 5.14. The minimum absolute atomic E-state index is 0.168. The Morgan fingerprint density at radius 3 is 2.24 bits per heavy atom. The number of anilines is 1. The van der Waals surface area contributed by atoms with Gasteiger partial charge in [0.2, 0.25) is 5.95 Å². The number of hydrogen-bond donors (Lipinski definition) is 1. The van der Waals surface area contributed by atoms with E-state index in [1.54, 1.807) is 12.1 Å². The zero-order valence-electron chi connectivity index (χ0n) is 12.3. The molecule has 7 heteroatoms. The number of ether oxygens (including phenoxy) is 3. The molecule has 1 aromatic heterocycles. The lowest BCUT2D eigenvalue weighted by Crippen LogP contribution is -2.06. The van der Waals surface area contributed by atoms with E-state index in [-0.39, 0.29) is 12.0 Å². The van der Waals surface area contributed by atoms with Crippen LogP contribution in [0, 0.1) is 0 Å². The van der Waals surface area contributed by atoms with Gasteiger partial charge in [0.05, 0.1) is 13.7 Å². The molecule has 2 aromatic rings. The second-order valence-electron chi connectivity index (χ2n) is 3.97. The Balaban J connectivity index is 2.15. The second kappa shape index (κ2) is 7.28. The highest BCUT2D eigenvalue weighted by Crippen LogP contribution is 2.23. The Labute approximate surface area is 123 Å². The van der Waals surface area contributed by atoms with Crippen molar-refractivity contribution >= 4 is 5.95 Å². The smallest absolute Gasteiger partial charge is 0.330 e. The topological polar surface area (TPSA) is 78.4 Å². The molecule has 0 spiro atoms. The molecule has 0 aliphatic carbocycles. The van der Waals surface area contributed by atoms with Crippen molar-refractivity contribution in [1.29, 1.82) is 0 Å². The van der Waals surface area contributed by atoms with Gasteiger partial charge in [-0.05, 0) is 38.1 Å². The SMILES string of the molecule is CCNc1nc(OC)nc(Oc2ccc(OCC)cc2)n1. The monoisotopic (exact) mass is 290 g/mol. The lowest BCUT2D eigenvalue weighted by atomic mass is 10.3. The normalized spacial score (nSPS) is 10.0. The maximum absolute atomic E-state index is 5.60. The van der Waals surface area contributed by atoms with E-state index in [1.807, 2.05) is 26.0 Å². The zero-order valence-corrected chi connectivity index (χ0v) is 12.3. The van der Waals surface area contributed by atoms with E-state index >= 15 is 0 Å². The molecule has 0 amide bonds. The fourth-order valence-corrected chi connectivity index (χ4v) is 1.59. The van der Waals surface area contributed by atoms with Crippen molar-refractivity contribution < 1.29 is 14.2 Å². The standard InChI is InChI=1S/C14H18N4O3/c1-4-15-12-16-13(19-3)18-14(17-12)21-11-8-6-10(7-9-11)20-5-2/h6-9H,4-5H2,1-3H3,(H,15,16,17,18). The molecule has 0 atom stereocenters. The van der Waals surface area contributed by atoms with Crippen molar-refractivity contribution in [3.63, 3.8) is 0 Å². The Morgan fingerprint density at radius 1 is 0.952 bits per heavy atom. The molecule has 0 bridgehead atoms. The summed E-state index contributed by atoms with van der Waals surface area (Å²) in [6.07, 6.45) is 0. The Bertz CT molecular complexity index is 575. The summed E-state index contributed by atoms with van der Waals surface area (Å²) < 4.78 is 16.0. The molecule has 0 saturated heterocycles. The quantitative estimate of drug-likeness (QED) is 0.839. The number of benzene rings is 1. The van der Waals surface area contributed by atoms with Gasteiger partial charge in [-0.2, -0.15) is 9.97 Å². The molecule has 0 radical (unpaired) electrons. The minimum Gasteiger partial charge on any atom is -0.494 e. The van der Waals surface area contributed by atoms with Gasteiger partial charge >= 0.3 is 12.0 Å². The fraction of sp³-hybridized carbons (Fsp3) is 0.357. The molecule has 21 heavy (non-hydrogen) atoms. The molecule has 1 heterocycles. The van der Waals surface area contributed by atoms with Crippen LogP contribution in [-0.2, 0) is 0 Å². The number of rotatable bonds is 7. The molecule has 1 N–H and O–H groups in total. The van der Waals surface area contributed by atoms with E-state index in [0.29, 0.717) is 24.8 Å². The number of aromatic nitrogens is 3. The van der Waals surface area contributed by atoms with E-state index in [4.69, 9.17) is 14.2 Å². The summed E-state index contributed by atoms with van der Waals surface area (Å²) >= 11 is 0. The van der Waals surface area contributed by atoms with Crippen LogP contribution < -0.4 is 19.5 Å². The van der Waals surface area contributed by atoms with E-state index < -0.39 is 0 Å². The highest BCUT2D eigenvalue weighted by molar-refractivity contribution is 5.34. The summed E-state index contributed by atoms with van der Waals surface area (Å²) in [6, 6.07) is 7.58. The maximum Gasteiger partial charge on any atom is 0.330 e. The van der Waals surface area contributed by atoms with Crippen molar-refractivity contribution in [2.24, 2.45) is 0 Å². The molecule has 0 saturated carbocycles. The average molecular weight is 290 g/mol. The molecule has 0 aliphatic heterocycles. The van der Waals surface area contributed by atoms with Crippen LogP contribution in [0.1, 0.15) is 13.8 Å². The lowest BCUT2D eigenvalue weighted by Gasteiger charge is -2.08. The Hall–Kier alpha value is -2.57. The molecule has 0 aliphatic rings. The van der Waals surface area contributed by atoms with Gasteiger partial charge in [-0.15, -0.1) is 4.98 Å². The first-order valence-corrected chi connectivity index (χ1v) is 6.69. The van der Waals surface area contributed by atoms with Crippen molar-refractivity contribution in [1.82, 2.24) is 15.0 Å². The van der Waals surface area contributed by atoms with Crippen LogP contribution in [0.3, 0.4) is 0 Å². The van der Waals surface area contributed by atoms with Gasteiger partial charge in [-0.3, -0.25) is 0 Å². The van der Waals surface area contributed by atoms with Gasteiger partial charge in [-0.1, -0.05) is 0 Å². The third-order valence-electron chi connectivity index (χ3n) is 2.46. The van der Waals surface area contributed by atoms with Crippen LogP contribution in [0.5, 0.6) is 23.5 Å². The van der Waals surface area contributed by atoms with Gasteiger partial charge in [0.1, 0.15) is 11.5 Å². The van der Waals surface area contributed by atoms with Gasteiger partial charge in [0.15, 0.2) is 0 Å². The zero-order chi connectivity index (χ0) is 15.1. The summed E-state index contributed by atoms with van der Waals surface area (Å²) in [6.45, 7) is 5.19. The molecule has 112 valence electrons. The van der Waals surface area contributed by atoms with Crippen LogP contribution in [0.2, 0.25) is 0 Å². The third-order valence-corrected chi connectivity index (χ3v) is 2.46. The first kappa shape index (κ1) is 14.8. The van der Waals surface area contributed by atoms with Crippen LogP contribution in [-0.4, -0.2) is 35.2 Å². The summed E-state index contributed by atoms with van der Waals surface area (Å²) in [5.41, 5.74) is 0. The van der Waals surface area contributed by atoms with E-state index in [0.717, 1.165) is 5.75 Å². The highest BCUT2D eigenvalue weighted by Gasteiger charge is 2.08. The molecule has 7 nitrogen and oxygen atoms in total. The highest BCUT2D eigenvalue weighted by atomic mass is 16.5. The van der Waals surface area contributed by atoms with E-state index in [1.165, 1.54) is 7.11 Å². The summed E-state index contributed by atoms with van der Waals surface area (Å²) in [5, 5.41) is 2.99. The summed E-state index contributed by atoms with van der Waals surface area (Å²) in [4.78, 5) is 12.3. The molecule has 2 rings (SSSR count). The number of nitrogens with one attached hydrogen (secondary N) is 1. The minimum atomic E-state index is 0.168. The van der Waals surface area contributed by atoms with E-state index in [2.05, 4.69) is 20.3 Å². The first-order valence-electron chi connectivity index (χ1n) is 6.69. The van der Waals surface area contributed by atoms with Crippen molar-refractivity contribution in [2.75, 3.05) is 25.6 Å². The van der Waals surface area contributed by atoms with Crippen molar-refractivity contribution in [3.8, 4) is 23.5 Å². The molecule has 1 aromatic carbocycles. The van der Waals surface area contributed by atoms with Crippen molar-refractivity contribution in [2.45, 2.75) is 13.8 Å². The number of methoxy groups -OCH3 is 1. The van der Waals surface area contributed by atoms with Gasteiger partial charge < -0.3 is 19.5 Å². The third kappa shape index (κ3) is 4.20. The van der Waals surface area contributed by atoms with Gasteiger partial charge in [0.25, 0.3) is 0 Å². The second-order valence-corrected chi connectivity index (χ2v) is 3.97. The largest absolute Gasteiger partial charge is 0.494 e. The summed E-state index contributed by atoms with van der Waals surface area (Å²) in [5.74, 6) is 1.80. The molecule has 0 unspecified atom stereocenters. The fourth-order valence-electron chi connectivity index (χ4n) is 1.59. The maximum atomic E-state index is 5.60. The Morgan fingerprint density at radius 2 is 1.62 bits per heavy atom. The number of nitrogens with zero attached hydrogens (tertiary/aromatic N) is 3. The molecule has 0 fully saturated rings. The van der Waals surface area contributed by atoms with Gasteiger partial charge in [-0.25, -0.2) is 0 Å². The summed E-state index contributed by atoms with van der Waals surface area (Å²) in [7, 11) is 1.49. The van der Waals surface area contributed by atoms with E-state index in [9.17, 15) is 0 Å². The van der Waals surface area contributed by atoms with Crippen LogP contribution in [0.25, 0.3) is 0 Å². The predicted octanol–water partition coefficient (Wildman–Crippen LogP) is 2.50. The molecular weight excluding hydrogens is 272 g/mol. The molecular formula is C14H18N4O3. The lowest BCUT2D eigenvalue weighted by molar-refractivity contribution is 0.338. The van der Waals surface area contributed by atoms with Gasteiger partial charge in [0, 0.05) is 6.54 Å². The first-order chi connectivity index (χ1) is 10.2. The predicted molar refractivity (Wildman–Crippen MR) is 78.2 cm³/mol. The van der Waals surface area contributed by atoms with Crippen LogP contribution in [0.15, 0.2) is 24.3 Å². The van der Waals surface area contributed by atoms with Crippen LogP contribution in [0.4, 0.5) is 5.95 Å². The van der Waals surface area contributed by atoms with Crippen molar-refractivity contribution in [3.05, 3.63) is 24.3 Å².